The zero-order valence-electron chi connectivity index (χ0n) is 19.2. The molecule has 4 amide bonds. The summed E-state index contributed by atoms with van der Waals surface area (Å²) in [5.74, 6) is -4.03. The van der Waals surface area contributed by atoms with Crippen LogP contribution in [0.4, 0.5) is 0 Å². The van der Waals surface area contributed by atoms with Gasteiger partial charge < -0.3 is 38.3 Å². The number of thiol groups is 1. The fraction of sp³-hybridized carbons (Fsp3) is 0.750. The molecule has 0 saturated carbocycles. The van der Waals surface area contributed by atoms with Crippen LogP contribution in [-0.4, -0.2) is 71.2 Å². The van der Waals surface area contributed by atoms with Gasteiger partial charge in [-0.1, -0.05) is 20.3 Å². The average Bonchev–Trinajstić information content (AvgIpc) is 2.73. The number of primary amides is 1. The summed E-state index contributed by atoms with van der Waals surface area (Å²) in [5, 5.41) is 16.6. The van der Waals surface area contributed by atoms with Gasteiger partial charge in [-0.25, -0.2) is 4.79 Å². The van der Waals surface area contributed by atoms with Crippen LogP contribution in [0.25, 0.3) is 0 Å². The standard InChI is InChI=1S/C20H38N6O6S/c1-11(2)9-14(25-17(28)12(22)5-3-4-8-21)18(29)26-15(10-33)19(30)24-13(20(31)32)6-7-16(23)27/h11-15,33H,3-10,21-22H2,1-2H3,(H2,23,27)(H,24,30)(H,25,28)(H,26,29)(H,31,32). The van der Waals surface area contributed by atoms with Crippen molar-refractivity contribution in [3.05, 3.63) is 0 Å². The largest absolute Gasteiger partial charge is 0.480 e. The van der Waals surface area contributed by atoms with Gasteiger partial charge >= 0.3 is 5.97 Å². The minimum Gasteiger partial charge on any atom is -0.480 e. The Labute approximate surface area is 199 Å². The van der Waals surface area contributed by atoms with Gasteiger partial charge in [0.25, 0.3) is 0 Å². The molecule has 13 heteroatoms. The third-order valence-electron chi connectivity index (χ3n) is 4.76. The van der Waals surface area contributed by atoms with E-state index < -0.39 is 53.8 Å². The van der Waals surface area contributed by atoms with E-state index in [2.05, 4.69) is 28.6 Å². The lowest BCUT2D eigenvalue weighted by Crippen LogP contribution is -2.57. The number of nitrogens with one attached hydrogen (secondary N) is 3. The van der Waals surface area contributed by atoms with Crippen molar-refractivity contribution >= 4 is 42.2 Å². The molecular formula is C20H38N6O6S. The van der Waals surface area contributed by atoms with E-state index in [1.165, 1.54) is 0 Å². The first-order valence-corrected chi connectivity index (χ1v) is 11.5. The first kappa shape index (κ1) is 30.6. The molecule has 0 heterocycles. The quantitative estimate of drug-likeness (QED) is 0.0858. The summed E-state index contributed by atoms with van der Waals surface area (Å²) in [6.07, 6.45) is 1.69. The summed E-state index contributed by atoms with van der Waals surface area (Å²) < 4.78 is 0. The SMILES string of the molecule is CC(C)CC(NC(=O)C(N)CCCCN)C(=O)NC(CS)C(=O)NC(CCC(N)=O)C(=O)O. The molecule has 190 valence electrons. The molecule has 0 rings (SSSR count). The van der Waals surface area contributed by atoms with Crippen molar-refractivity contribution in [2.45, 2.75) is 76.5 Å². The van der Waals surface area contributed by atoms with Gasteiger partial charge in [0.05, 0.1) is 6.04 Å². The second kappa shape index (κ2) is 16.3. The van der Waals surface area contributed by atoms with Crippen LogP contribution >= 0.6 is 12.6 Å². The zero-order chi connectivity index (χ0) is 25.6. The number of unbranched alkanes of at least 4 members (excludes halogenated alkanes) is 1. The molecule has 0 aliphatic rings. The number of amides is 4. The van der Waals surface area contributed by atoms with Crippen LogP contribution in [-0.2, 0) is 24.0 Å². The van der Waals surface area contributed by atoms with Crippen LogP contribution in [0.1, 0.15) is 52.4 Å². The molecule has 0 aliphatic heterocycles. The van der Waals surface area contributed by atoms with Crippen LogP contribution in [0.5, 0.6) is 0 Å². The molecule has 0 bridgehead atoms. The first-order chi connectivity index (χ1) is 15.4. The Morgan fingerprint density at radius 1 is 0.879 bits per heavy atom. The highest BCUT2D eigenvalue weighted by molar-refractivity contribution is 7.80. The Bertz CT molecular complexity index is 677. The minimum atomic E-state index is -1.36. The van der Waals surface area contributed by atoms with Crippen LogP contribution in [0.15, 0.2) is 0 Å². The molecule has 10 N–H and O–H groups in total. The van der Waals surface area contributed by atoms with Gasteiger partial charge in [-0.15, -0.1) is 0 Å². The van der Waals surface area contributed by atoms with Crippen LogP contribution in [0.2, 0.25) is 0 Å². The third-order valence-corrected chi connectivity index (χ3v) is 5.12. The number of carboxylic acids is 1. The fourth-order valence-electron chi connectivity index (χ4n) is 2.90. The fourth-order valence-corrected chi connectivity index (χ4v) is 3.16. The molecule has 0 aliphatic carbocycles. The van der Waals surface area contributed by atoms with Gasteiger partial charge in [0.2, 0.25) is 23.6 Å². The summed E-state index contributed by atoms with van der Waals surface area (Å²) in [6.45, 7) is 4.23. The monoisotopic (exact) mass is 490 g/mol. The van der Waals surface area contributed by atoms with E-state index in [-0.39, 0.29) is 24.5 Å². The number of carbonyl (C=O) groups is 5. The van der Waals surface area contributed by atoms with Crippen molar-refractivity contribution in [1.29, 1.82) is 0 Å². The molecule has 12 nitrogen and oxygen atoms in total. The maximum absolute atomic E-state index is 12.8. The maximum Gasteiger partial charge on any atom is 0.326 e. The summed E-state index contributed by atoms with van der Waals surface area (Å²) in [4.78, 5) is 60.0. The number of aliphatic carboxylic acids is 1. The van der Waals surface area contributed by atoms with Gasteiger partial charge in [-0.05, 0) is 38.1 Å². The Morgan fingerprint density at radius 2 is 1.42 bits per heavy atom. The molecule has 0 fully saturated rings. The molecule has 33 heavy (non-hydrogen) atoms. The molecule has 0 aromatic rings. The molecule has 0 aromatic carbocycles. The van der Waals surface area contributed by atoms with Crippen molar-refractivity contribution in [3.8, 4) is 0 Å². The number of rotatable bonds is 17. The van der Waals surface area contributed by atoms with Gasteiger partial charge in [-0.3, -0.25) is 19.2 Å². The van der Waals surface area contributed by atoms with Crippen LogP contribution < -0.4 is 33.2 Å². The minimum absolute atomic E-state index is 0.0444. The molecular weight excluding hydrogens is 452 g/mol. The maximum atomic E-state index is 12.8. The highest BCUT2D eigenvalue weighted by Crippen LogP contribution is 2.08. The van der Waals surface area contributed by atoms with E-state index in [9.17, 15) is 29.1 Å². The van der Waals surface area contributed by atoms with Gasteiger partial charge in [-0.2, -0.15) is 12.6 Å². The summed E-state index contributed by atoms with van der Waals surface area (Å²) in [6, 6.07) is -4.27. The predicted octanol–water partition coefficient (Wildman–Crippen LogP) is -1.78. The summed E-state index contributed by atoms with van der Waals surface area (Å²) in [5.41, 5.74) is 16.4. The van der Waals surface area contributed by atoms with E-state index in [1.54, 1.807) is 0 Å². The topological polar surface area (TPSA) is 220 Å². The third kappa shape index (κ3) is 13.0. The van der Waals surface area contributed by atoms with Crippen LogP contribution in [0.3, 0.4) is 0 Å². The zero-order valence-corrected chi connectivity index (χ0v) is 20.1. The van der Waals surface area contributed by atoms with E-state index in [4.69, 9.17) is 17.2 Å². The summed E-state index contributed by atoms with van der Waals surface area (Å²) >= 11 is 4.06. The van der Waals surface area contributed by atoms with E-state index in [1.807, 2.05) is 13.8 Å². The lowest BCUT2D eigenvalue weighted by atomic mass is 10.0. The molecule has 0 radical (unpaired) electrons. The number of carboxylic acid groups (broad SMARTS) is 1. The Hall–Kier alpha value is -2.38. The summed E-state index contributed by atoms with van der Waals surface area (Å²) in [7, 11) is 0. The van der Waals surface area contributed by atoms with Crippen molar-refractivity contribution in [2.75, 3.05) is 12.3 Å². The van der Waals surface area contributed by atoms with Crippen molar-refractivity contribution in [3.63, 3.8) is 0 Å². The Kier molecular flexibility index (Phi) is 15.1. The van der Waals surface area contributed by atoms with E-state index >= 15 is 0 Å². The lowest BCUT2D eigenvalue weighted by Gasteiger charge is -2.25. The van der Waals surface area contributed by atoms with Gasteiger partial charge in [0, 0.05) is 12.2 Å². The first-order valence-electron chi connectivity index (χ1n) is 10.9. The van der Waals surface area contributed by atoms with E-state index in [0.717, 1.165) is 6.42 Å². The second-order valence-corrected chi connectivity index (χ2v) is 8.59. The number of carbonyl (C=O) groups excluding carboxylic acids is 4. The van der Waals surface area contributed by atoms with Crippen molar-refractivity contribution < 1.29 is 29.1 Å². The molecule has 0 saturated heterocycles. The Morgan fingerprint density at radius 3 is 1.91 bits per heavy atom. The Balaban J connectivity index is 5.17. The molecule has 0 spiro atoms. The molecule has 0 aromatic heterocycles. The highest BCUT2D eigenvalue weighted by atomic mass is 32.1. The predicted molar refractivity (Wildman–Crippen MR) is 126 cm³/mol. The highest BCUT2D eigenvalue weighted by Gasteiger charge is 2.30. The van der Waals surface area contributed by atoms with E-state index in [0.29, 0.717) is 25.8 Å². The smallest absolute Gasteiger partial charge is 0.326 e. The van der Waals surface area contributed by atoms with Gasteiger partial charge in [0.1, 0.15) is 18.1 Å². The molecule has 4 atom stereocenters. The normalized spacial score (nSPS) is 14.6. The van der Waals surface area contributed by atoms with Gasteiger partial charge in [0.15, 0.2) is 0 Å². The number of hydrogen-bond donors (Lipinski definition) is 8. The van der Waals surface area contributed by atoms with Crippen molar-refractivity contribution in [1.82, 2.24) is 16.0 Å². The average molecular weight is 491 g/mol. The number of hydrogen-bond acceptors (Lipinski definition) is 8. The lowest BCUT2D eigenvalue weighted by molar-refractivity contribution is -0.142. The van der Waals surface area contributed by atoms with Crippen LogP contribution in [0, 0.1) is 5.92 Å². The van der Waals surface area contributed by atoms with Crippen molar-refractivity contribution in [2.24, 2.45) is 23.1 Å². The second-order valence-electron chi connectivity index (χ2n) is 8.23. The molecule has 4 unspecified atom stereocenters. The number of nitrogens with two attached hydrogens (primary N) is 3.